The molecule has 0 bridgehead atoms. The summed E-state index contributed by atoms with van der Waals surface area (Å²) in [5.74, 6) is 0.841. The number of nitriles is 1. The third kappa shape index (κ3) is 3.73. The fraction of sp³-hybridized carbons (Fsp3) is 0.294. The van der Waals surface area contributed by atoms with E-state index in [0.717, 1.165) is 18.9 Å². The van der Waals surface area contributed by atoms with Crippen LogP contribution >= 0.6 is 0 Å². The highest BCUT2D eigenvalue weighted by molar-refractivity contribution is 5.47. The molecule has 0 amide bonds. The van der Waals surface area contributed by atoms with Crippen molar-refractivity contribution in [3.05, 3.63) is 53.7 Å². The average molecular weight is 280 g/mol. The highest BCUT2D eigenvalue weighted by Gasteiger charge is 2.08. The summed E-state index contributed by atoms with van der Waals surface area (Å²) in [4.78, 5) is 8.60. The van der Waals surface area contributed by atoms with E-state index < -0.39 is 0 Å². The first-order chi connectivity index (χ1) is 10.1. The van der Waals surface area contributed by atoms with E-state index in [4.69, 9.17) is 5.26 Å². The molecule has 0 spiro atoms. The van der Waals surface area contributed by atoms with Gasteiger partial charge in [-0.1, -0.05) is 18.2 Å². The molecule has 0 fully saturated rings. The molecule has 108 valence electrons. The molecule has 0 saturated heterocycles. The minimum Gasteiger partial charge on any atom is -0.378 e. The SMILES string of the molecule is CCN(Cc1ccc(N(C)C)cc1)c1cccc(C#N)n1. The third-order valence-electron chi connectivity index (χ3n) is 3.38. The average Bonchev–Trinajstić information content (AvgIpc) is 2.53. The number of pyridine rings is 1. The highest BCUT2D eigenvalue weighted by atomic mass is 15.2. The summed E-state index contributed by atoms with van der Waals surface area (Å²) in [5.41, 5.74) is 2.87. The normalized spacial score (nSPS) is 10.0. The predicted octanol–water partition coefficient (Wildman–Crippen LogP) is 3.05. The summed E-state index contributed by atoms with van der Waals surface area (Å²) < 4.78 is 0. The molecule has 0 unspecified atom stereocenters. The van der Waals surface area contributed by atoms with Gasteiger partial charge >= 0.3 is 0 Å². The van der Waals surface area contributed by atoms with Gasteiger partial charge in [0, 0.05) is 32.9 Å². The van der Waals surface area contributed by atoms with Gasteiger partial charge in [0.25, 0.3) is 0 Å². The lowest BCUT2D eigenvalue weighted by molar-refractivity contribution is 0.812. The van der Waals surface area contributed by atoms with Crippen LogP contribution in [0.15, 0.2) is 42.5 Å². The van der Waals surface area contributed by atoms with Gasteiger partial charge in [-0.15, -0.1) is 0 Å². The van der Waals surface area contributed by atoms with Gasteiger partial charge in [0.2, 0.25) is 0 Å². The number of rotatable bonds is 5. The number of anilines is 2. The Labute approximate surface area is 126 Å². The zero-order valence-electron chi connectivity index (χ0n) is 12.7. The molecule has 1 aromatic carbocycles. The van der Waals surface area contributed by atoms with Crippen LogP contribution in [0.1, 0.15) is 18.2 Å². The van der Waals surface area contributed by atoms with Gasteiger partial charge in [-0.25, -0.2) is 4.98 Å². The van der Waals surface area contributed by atoms with Crippen molar-refractivity contribution in [1.29, 1.82) is 5.26 Å². The quantitative estimate of drug-likeness (QED) is 0.844. The molecule has 21 heavy (non-hydrogen) atoms. The van der Waals surface area contributed by atoms with E-state index >= 15 is 0 Å². The number of benzene rings is 1. The Hall–Kier alpha value is -2.54. The number of aromatic nitrogens is 1. The number of hydrogen-bond donors (Lipinski definition) is 0. The van der Waals surface area contributed by atoms with Crippen molar-refractivity contribution < 1.29 is 0 Å². The Morgan fingerprint density at radius 2 is 1.81 bits per heavy atom. The molecule has 0 radical (unpaired) electrons. The lowest BCUT2D eigenvalue weighted by Crippen LogP contribution is -2.23. The molecule has 0 saturated carbocycles. The summed E-state index contributed by atoms with van der Waals surface area (Å²) in [7, 11) is 4.06. The summed E-state index contributed by atoms with van der Waals surface area (Å²) in [6.07, 6.45) is 0. The first-order valence-corrected chi connectivity index (χ1v) is 7.02. The topological polar surface area (TPSA) is 43.2 Å². The van der Waals surface area contributed by atoms with Gasteiger partial charge in [0.1, 0.15) is 17.6 Å². The van der Waals surface area contributed by atoms with Crippen LogP contribution in [0, 0.1) is 11.3 Å². The van der Waals surface area contributed by atoms with Crippen molar-refractivity contribution in [3.63, 3.8) is 0 Å². The Bertz CT molecular complexity index is 626. The van der Waals surface area contributed by atoms with Crippen LogP contribution in [0.5, 0.6) is 0 Å². The molecule has 0 aliphatic heterocycles. The van der Waals surface area contributed by atoms with E-state index in [9.17, 15) is 0 Å². The van der Waals surface area contributed by atoms with Crippen LogP contribution < -0.4 is 9.80 Å². The summed E-state index contributed by atoms with van der Waals surface area (Å²) >= 11 is 0. The number of nitrogens with zero attached hydrogens (tertiary/aromatic N) is 4. The maximum absolute atomic E-state index is 8.95. The lowest BCUT2D eigenvalue weighted by atomic mass is 10.2. The van der Waals surface area contributed by atoms with Gasteiger partial charge < -0.3 is 9.80 Å². The third-order valence-corrected chi connectivity index (χ3v) is 3.38. The molecule has 0 aliphatic rings. The zero-order valence-corrected chi connectivity index (χ0v) is 12.7. The lowest BCUT2D eigenvalue weighted by Gasteiger charge is -2.22. The molecule has 4 heteroatoms. The highest BCUT2D eigenvalue weighted by Crippen LogP contribution is 2.17. The second kappa shape index (κ2) is 6.76. The molecule has 1 heterocycles. The van der Waals surface area contributed by atoms with Crippen molar-refractivity contribution in [2.45, 2.75) is 13.5 Å². The number of hydrogen-bond acceptors (Lipinski definition) is 4. The van der Waals surface area contributed by atoms with Crippen LogP contribution in [0.4, 0.5) is 11.5 Å². The summed E-state index contributed by atoms with van der Waals surface area (Å²) in [5, 5.41) is 8.95. The van der Waals surface area contributed by atoms with Crippen LogP contribution in [-0.4, -0.2) is 25.6 Å². The van der Waals surface area contributed by atoms with Gasteiger partial charge in [-0.2, -0.15) is 5.26 Å². The fourth-order valence-electron chi connectivity index (χ4n) is 2.14. The predicted molar refractivity (Wildman–Crippen MR) is 86.4 cm³/mol. The first kappa shape index (κ1) is 14.9. The molecular weight excluding hydrogens is 260 g/mol. The van der Waals surface area contributed by atoms with Gasteiger partial charge in [0.05, 0.1) is 0 Å². The van der Waals surface area contributed by atoms with Crippen molar-refractivity contribution in [2.24, 2.45) is 0 Å². The summed E-state index contributed by atoms with van der Waals surface area (Å²) in [6.45, 7) is 3.72. The first-order valence-electron chi connectivity index (χ1n) is 7.02. The van der Waals surface area contributed by atoms with Crippen LogP contribution in [-0.2, 0) is 6.54 Å². The molecule has 0 atom stereocenters. The molecule has 4 nitrogen and oxygen atoms in total. The Kier molecular flexibility index (Phi) is 4.78. The Balaban J connectivity index is 2.16. The standard InChI is InChI=1S/C17H20N4/c1-4-21(17-7-5-6-15(12-18)19-17)13-14-8-10-16(11-9-14)20(2)3/h5-11H,4,13H2,1-3H3. The molecule has 2 aromatic rings. The molecule has 1 aromatic heterocycles. The molecular formula is C17H20N4. The van der Waals surface area contributed by atoms with Gasteiger partial charge in [-0.05, 0) is 36.8 Å². The molecule has 0 aliphatic carbocycles. The van der Waals surface area contributed by atoms with Crippen LogP contribution in [0.2, 0.25) is 0 Å². The zero-order chi connectivity index (χ0) is 15.2. The van der Waals surface area contributed by atoms with E-state index in [2.05, 4.69) is 52.0 Å². The van der Waals surface area contributed by atoms with E-state index in [1.54, 1.807) is 6.07 Å². The van der Waals surface area contributed by atoms with Crippen molar-refractivity contribution in [3.8, 4) is 6.07 Å². The van der Waals surface area contributed by atoms with Crippen LogP contribution in [0.25, 0.3) is 0 Å². The molecule has 2 rings (SSSR count). The van der Waals surface area contributed by atoms with Crippen molar-refractivity contribution in [1.82, 2.24) is 4.98 Å². The fourth-order valence-corrected chi connectivity index (χ4v) is 2.14. The van der Waals surface area contributed by atoms with E-state index in [0.29, 0.717) is 5.69 Å². The molecule has 0 N–H and O–H groups in total. The smallest absolute Gasteiger partial charge is 0.142 e. The van der Waals surface area contributed by atoms with Gasteiger partial charge in [0.15, 0.2) is 0 Å². The Morgan fingerprint density at radius 3 is 2.38 bits per heavy atom. The minimum absolute atomic E-state index is 0.453. The van der Waals surface area contributed by atoms with Crippen molar-refractivity contribution in [2.75, 3.05) is 30.4 Å². The van der Waals surface area contributed by atoms with Gasteiger partial charge in [-0.3, -0.25) is 0 Å². The van der Waals surface area contributed by atoms with Crippen LogP contribution in [0.3, 0.4) is 0 Å². The van der Waals surface area contributed by atoms with E-state index in [1.807, 2.05) is 26.2 Å². The largest absolute Gasteiger partial charge is 0.378 e. The summed E-state index contributed by atoms with van der Waals surface area (Å²) in [6, 6.07) is 16.1. The second-order valence-electron chi connectivity index (χ2n) is 5.07. The maximum Gasteiger partial charge on any atom is 0.142 e. The van der Waals surface area contributed by atoms with E-state index in [1.165, 1.54) is 11.3 Å². The van der Waals surface area contributed by atoms with Crippen molar-refractivity contribution >= 4 is 11.5 Å². The Morgan fingerprint density at radius 1 is 1.10 bits per heavy atom. The maximum atomic E-state index is 8.95. The van der Waals surface area contributed by atoms with E-state index in [-0.39, 0.29) is 0 Å². The second-order valence-corrected chi connectivity index (χ2v) is 5.07. The minimum atomic E-state index is 0.453. The monoisotopic (exact) mass is 280 g/mol.